The second-order valence-electron chi connectivity index (χ2n) is 8.78. The van der Waals surface area contributed by atoms with Crippen LogP contribution in [0.3, 0.4) is 0 Å². The Kier molecular flexibility index (Phi) is 5.59. The predicted octanol–water partition coefficient (Wildman–Crippen LogP) is 3.31. The second kappa shape index (κ2) is 8.03. The van der Waals surface area contributed by atoms with Gasteiger partial charge in [0.1, 0.15) is 18.2 Å². The Morgan fingerprint density at radius 1 is 1.30 bits per heavy atom. The Hall–Kier alpha value is -2.39. The van der Waals surface area contributed by atoms with Crippen molar-refractivity contribution in [3.8, 4) is 16.6 Å². The van der Waals surface area contributed by atoms with Gasteiger partial charge in [-0.2, -0.15) is 4.98 Å². The van der Waals surface area contributed by atoms with Crippen molar-refractivity contribution in [3.63, 3.8) is 0 Å². The maximum Gasteiger partial charge on any atom is 0.245 e. The summed E-state index contributed by atoms with van der Waals surface area (Å²) < 4.78 is 8.30. The van der Waals surface area contributed by atoms with Crippen LogP contribution in [0.5, 0.6) is 5.88 Å². The van der Waals surface area contributed by atoms with Gasteiger partial charge in [0.2, 0.25) is 5.88 Å². The van der Waals surface area contributed by atoms with Gasteiger partial charge in [0.15, 0.2) is 17.0 Å². The molecule has 4 rings (SSSR count). The maximum absolute atomic E-state index is 11.4. The molecule has 9 heteroatoms. The van der Waals surface area contributed by atoms with Gasteiger partial charge in [-0.05, 0) is 20.3 Å². The molecule has 4 heterocycles. The summed E-state index contributed by atoms with van der Waals surface area (Å²) in [6.07, 6.45) is 4.28. The number of ether oxygens (including phenoxy) is 1. The molecule has 0 spiro atoms. The fraction of sp³-hybridized carbons (Fsp3) is 0.571. The molecule has 8 nitrogen and oxygen atoms in total. The van der Waals surface area contributed by atoms with Crippen LogP contribution in [-0.4, -0.2) is 60.9 Å². The monoisotopic (exact) mass is 428 g/mol. The average Bonchev–Trinajstić information content (AvgIpc) is 3.38. The molecule has 0 aromatic carbocycles. The van der Waals surface area contributed by atoms with E-state index >= 15 is 0 Å². The Morgan fingerprint density at radius 2 is 2.10 bits per heavy atom. The number of carbonyl (C=O) groups is 1. The Balaban J connectivity index is 1.65. The molecule has 1 unspecified atom stereocenters. The van der Waals surface area contributed by atoms with Crippen LogP contribution in [0.25, 0.3) is 21.9 Å². The van der Waals surface area contributed by atoms with Crippen LogP contribution in [0, 0.1) is 0 Å². The van der Waals surface area contributed by atoms with Gasteiger partial charge < -0.3 is 9.30 Å². The first kappa shape index (κ1) is 20.9. The lowest BCUT2D eigenvalue weighted by Gasteiger charge is -2.15. The number of ketones is 1. The van der Waals surface area contributed by atoms with Crippen LogP contribution in [-0.2, 0) is 16.8 Å². The minimum absolute atomic E-state index is 0.00568. The lowest BCUT2D eigenvalue weighted by molar-refractivity contribution is -0.117. The van der Waals surface area contributed by atoms with E-state index in [1.165, 1.54) is 6.33 Å². The molecule has 30 heavy (non-hydrogen) atoms. The Morgan fingerprint density at radius 3 is 2.77 bits per heavy atom. The number of fused-ring (bicyclic) bond motifs is 1. The third kappa shape index (κ3) is 4.09. The van der Waals surface area contributed by atoms with Crippen molar-refractivity contribution in [1.82, 2.24) is 29.4 Å². The van der Waals surface area contributed by atoms with Gasteiger partial charge >= 0.3 is 0 Å². The summed E-state index contributed by atoms with van der Waals surface area (Å²) in [5, 5.41) is 1.08. The highest BCUT2D eigenvalue weighted by Crippen LogP contribution is 2.35. The van der Waals surface area contributed by atoms with Gasteiger partial charge in [-0.3, -0.25) is 9.69 Å². The number of carbonyl (C=O) groups excluding carboxylic acids is 1. The zero-order valence-electron chi connectivity index (χ0n) is 18.2. The molecular weight excluding hydrogens is 400 g/mol. The van der Waals surface area contributed by atoms with Crippen LogP contribution in [0.1, 0.15) is 46.0 Å². The Labute approximate surface area is 180 Å². The highest BCUT2D eigenvalue weighted by molar-refractivity contribution is 7.15. The number of likely N-dealkylation sites (tertiary alicyclic amines) is 1. The lowest BCUT2D eigenvalue weighted by atomic mass is 9.98. The van der Waals surface area contributed by atoms with Gasteiger partial charge in [-0.15, -0.1) is 11.3 Å². The molecular formula is C21H28N6O2S. The molecule has 3 aromatic rings. The number of thiazole rings is 1. The van der Waals surface area contributed by atoms with Crippen molar-refractivity contribution in [3.05, 3.63) is 17.5 Å². The predicted molar refractivity (Wildman–Crippen MR) is 117 cm³/mol. The molecule has 0 amide bonds. The van der Waals surface area contributed by atoms with Crippen molar-refractivity contribution >= 4 is 28.3 Å². The number of Topliss-reactive ketones (excluding diaryl/α,β-unsaturated/α-hetero) is 1. The minimum Gasteiger partial charge on any atom is -0.471 e. The van der Waals surface area contributed by atoms with E-state index in [9.17, 15) is 4.79 Å². The molecule has 0 radical (unpaired) electrons. The third-order valence-electron chi connectivity index (χ3n) is 5.14. The molecule has 1 atom stereocenters. The van der Waals surface area contributed by atoms with Crippen molar-refractivity contribution in [2.45, 2.75) is 59.1 Å². The maximum atomic E-state index is 11.4. The van der Waals surface area contributed by atoms with E-state index in [4.69, 9.17) is 9.72 Å². The molecule has 3 aromatic heterocycles. The fourth-order valence-electron chi connectivity index (χ4n) is 3.72. The van der Waals surface area contributed by atoms with E-state index < -0.39 is 0 Å². The molecule has 0 aliphatic carbocycles. The van der Waals surface area contributed by atoms with Crippen molar-refractivity contribution in [1.29, 1.82) is 0 Å². The molecule has 1 saturated heterocycles. The highest BCUT2D eigenvalue weighted by atomic mass is 32.1. The second-order valence-corrected chi connectivity index (χ2v) is 9.81. The molecule has 1 aliphatic heterocycles. The van der Waals surface area contributed by atoms with Crippen molar-refractivity contribution in [2.24, 2.45) is 0 Å². The smallest absolute Gasteiger partial charge is 0.245 e. The highest BCUT2D eigenvalue weighted by Gasteiger charge is 2.27. The molecule has 0 N–H and O–H groups in total. The van der Waals surface area contributed by atoms with E-state index in [-0.39, 0.29) is 17.3 Å². The summed E-state index contributed by atoms with van der Waals surface area (Å²) in [6.45, 7) is 12.9. The molecule has 0 bridgehead atoms. The number of aryl methyl sites for hydroxylation is 1. The summed E-state index contributed by atoms with van der Waals surface area (Å²) >= 11 is 1.66. The van der Waals surface area contributed by atoms with Gasteiger partial charge in [0, 0.05) is 31.2 Å². The van der Waals surface area contributed by atoms with Crippen LogP contribution in [0.2, 0.25) is 0 Å². The number of imidazole rings is 1. The normalized spacial score (nSPS) is 17.7. The van der Waals surface area contributed by atoms with E-state index in [1.807, 2.05) is 6.20 Å². The summed E-state index contributed by atoms with van der Waals surface area (Å²) in [6, 6.07) is 0. The van der Waals surface area contributed by atoms with Crippen molar-refractivity contribution < 1.29 is 9.53 Å². The first-order valence-electron chi connectivity index (χ1n) is 10.3. The molecule has 1 fully saturated rings. The number of aromatic nitrogens is 5. The van der Waals surface area contributed by atoms with E-state index in [0.717, 1.165) is 47.4 Å². The van der Waals surface area contributed by atoms with Gasteiger partial charge in [0.25, 0.3) is 0 Å². The fourth-order valence-corrected chi connectivity index (χ4v) is 4.70. The number of hydrogen-bond acceptors (Lipinski definition) is 8. The van der Waals surface area contributed by atoms with E-state index in [1.54, 1.807) is 18.3 Å². The summed E-state index contributed by atoms with van der Waals surface area (Å²) in [5.41, 5.74) is 1.43. The van der Waals surface area contributed by atoms with E-state index in [2.05, 4.69) is 52.1 Å². The topological polar surface area (TPSA) is 86.0 Å². The largest absolute Gasteiger partial charge is 0.471 e. The van der Waals surface area contributed by atoms with Gasteiger partial charge in [-0.1, -0.05) is 20.8 Å². The first-order chi connectivity index (χ1) is 14.3. The molecule has 0 saturated carbocycles. The quantitative estimate of drug-likeness (QED) is 0.595. The van der Waals surface area contributed by atoms with Crippen molar-refractivity contribution in [2.75, 3.05) is 19.6 Å². The standard InChI is InChI=1S/C21H28N6O2S/c1-6-27-17(15-9-22-20(30-15)21(3,4)5)25-16-18(27)23-12-24-19(16)29-14-7-8-26(11-14)10-13(2)28/h9,12,14H,6-8,10-11H2,1-5H3. The number of rotatable bonds is 6. The van der Waals surface area contributed by atoms with Crippen LogP contribution < -0.4 is 4.74 Å². The zero-order valence-corrected chi connectivity index (χ0v) is 19.0. The van der Waals surface area contributed by atoms with Gasteiger partial charge in [-0.25, -0.2) is 15.0 Å². The SMILES string of the molecule is CCn1c(-c2cnc(C(C)(C)C)s2)nc2c(OC3CCN(CC(C)=O)C3)ncnc21. The summed E-state index contributed by atoms with van der Waals surface area (Å²) in [7, 11) is 0. The van der Waals surface area contributed by atoms with Crippen LogP contribution in [0.15, 0.2) is 12.5 Å². The van der Waals surface area contributed by atoms with Crippen LogP contribution >= 0.6 is 11.3 Å². The summed E-state index contributed by atoms with van der Waals surface area (Å²) in [5.74, 6) is 1.52. The first-order valence-corrected chi connectivity index (χ1v) is 11.1. The number of hydrogen-bond donors (Lipinski definition) is 0. The van der Waals surface area contributed by atoms with Crippen LogP contribution in [0.4, 0.5) is 0 Å². The van der Waals surface area contributed by atoms with E-state index in [0.29, 0.717) is 17.9 Å². The lowest BCUT2D eigenvalue weighted by Crippen LogP contribution is -2.29. The number of nitrogens with zero attached hydrogens (tertiary/aromatic N) is 6. The molecule has 160 valence electrons. The summed E-state index contributed by atoms with van der Waals surface area (Å²) in [4.78, 5) is 32.9. The minimum atomic E-state index is -0.00595. The zero-order chi connectivity index (χ0) is 21.5. The molecule has 1 aliphatic rings. The Bertz CT molecular complexity index is 1070. The third-order valence-corrected chi connectivity index (χ3v) is 6.56. The average molecular weight is 429 g/mol. The van der Waals surface area contributed by atoms with Gasteiger partial charge in [0.05, 0.1) is 16.4 Å².